The third kappa shape index (κ3) is 6.98. The van der Waals surface area contributed by atoms with Gasteiger partial charge in [0.1, 0.15) is 6.04 Å². The third-order valence-electron chi connectivity index (χ3n) is 5.20. The van der Waals surface area contributed by atoms with Crippen molar-refractivity contribution in [1.29, 1.82) is 0 Å². The summed E-state index contributed by atoms with van der Waals surface area (Å²) in [5.41, 5.74) is 1.32. The second-order valence-electron chi connectivity index (χ2n) is 8.86. The normalized spacial score (nSPS) is 15.8. The third-order valence-corrected chi connectivity index (χ3v) is 5.20. The topological polar surface area (TPSA) is 95.5 Å². The summed E-state index contributed by atoms with van der Waals surface area (Å²) in [7, 11) is 0. The van der Waals surface area contributed by atoms with Gasteiger partial charge in [0.15, 0.2) is 0 Å². The summed E-state index contributed by atoms with van der Waals surface area (Å²) in [5, 5.41) is 14.9. The lowest BCUT2D eigenvalue weighted by Gasteiger charge is -2.21. The minimum Gasteiger partial charge on any atom is -0.480 e. The van der Waals surface area contributed by atoms with Crippen molar-refractivity contribution in [3.8, 4) is 0 Å². The number of carbonyl (C=O) groups is 3. The molecule has 0 radical (unpaired) electrons. The van der Waals surface area contributed by atoms with Crippen LogP contribution in [0.4, 0.5) is 0 Å². The number of amides is 2. The predicted octanol–water partition coefficient (Wildman–Crippen LogP) is 3.50. The Morgan fingerprint density at radius 3 is 2.25 bits per heavy atom. The Morgan fingerprint density at radius 2 is 1.71 bits per heavy atom. The smallest absolute Gasteiger partial charge is 0.326 e. The van der Waals surface area contributed by atoms with Crippen molar-refractivity contribution in [3.05, 3.63) is 35.4 Å². The molecule has 3 N–H and O–H groups in total. The van der Waals surface area contributed by atoms with Crippen LogP contribution in [0.2, 0.25) is 0 Å². The van der Waals surface area contributed by atoms with Crippen LogP contribution in [-0.2, 0) is 16.1 Å². The maximum Gasteiger partial charge on any atom is 0.326 e. The van der Waals surface area contributed by atoms with Crippen molar-refractivity contribution in [3.63, 3.8) is 0 Å². The molecular weight excluding hydrogens is 356 g/mol. The lowest BCUT2D eigenvalue weighted by molar-refractivity contribution is -0.139. The van der Waals surface area contributed by atoms with Crippen molar-refractivity contribution in [2.75, 3.05) is 0 Å². The van der Waals surface area contributed by atoms with Crippen LogP contribution >= 0.6 is 0 Å². The zero-order chi connectivity index (χ0) is 20.7. The number of carbonyl (C=O) groups excluding carboxylic acids is 2. The molecule has 28 heavy (non-hydrogen) atoms. The first-order valence-electron chi connectivity index (χ1n) is 10.1. The molecule has 1 aromatic carbocycles. The fourth-order valence-corrected chi connectivity index (χ4v) is 3.37. The molecule has 154 valence electrons. The summed E-state index contributed by atoms with van der Waals surface area (Å²) in [6.07, 6.45) is 5.25. The fourth-order valence-electron chi connectivity index (χ4n) is 3.37. The van der Waals surface area contributed by atoms with Crippen LogP contribution in [0.1, 0.15) is 75.2 Å². The molecule has 1 saturated carbocycles. The van der Waals surface area contributed by atoms with E-state index in [9.17, 15) is 19.5 Å². The average molecular weight is 389 g/mol. The van der Waals surface area contributed by atoms with Crippen LogP contribution in [0.15, 0.2) is 24.3 Å². The molecule has 1 aromatic rings. The maximum absolute atomic E-state index is 12.4. The van der Waals surface area contributed by atoms with E-state index in [4.69, 9.17) is 0 Å². The summed E-state index contributed by atoms with van der Waals surface area (Å²) >= 11 is 0. The fraction of sp³-hybridized carbons (Fsp3) is 0.591. The highest BCUT2D eigenvalue weighted by atomic mass is 16.4. The van der Waals surface area contributed by atoms with Gasteiger partial charge in [0.05, 0.1) is 0 Å². The summed E-state index contributed by atoms with van der Waals surface area (Å²) in [5.74, 6) is -1.19. The monoisotopic (exact) mass is 388 g/mol. The number of hydrogen-bond acceptors (Lipinski definition) is 3. The number of aliphatic carboxylic acids is 1. The number of nitrogens with one attached hydrogen (secondary N) is 2. The van der Waals surface area contributed by atoms with Gasteiger partial charge in [-0.3, -0.25) is 9.59 Å². The number of hydrogen-bond donors (Lipinski definition) is 3. The molecule has 2 amide bonds. The maximum atomic E-state index is 12.4. The highest BCUT2D eigenvalue weighted by molar-refractivity contribution is 5.96. The SMILES string of the molecule is CC(C)(C)CCC(NC(=O)c1ccc(CNC(=O)C2CCCC2)cc1)C(=O)O. The Kier molecular flexibility index (Phi) is 7.61. The van der Waals surface area contributed by atoms with E-state index < -0.39 is 17.9 Å². The summed E-state index contributed by atoms with van der Waals surface area (Å²) in [6.45, 7) is 6.55. The van der Waals surface area contributed by atoms with Gasteiger partial charge in [-0.2, -0.15) is 0 Å². The van der Waals surface area contributed by atoms with E-state index in [2.05, 4.69) is 10.6 Å². The van der Waals surface area contributed by atoms with Crippen molar-refractivity contribution < 1.29 is 19.5 Å². The first-order valence-corrected chi connectivity index (χ1v) is 10.1. The first kappa shape index (κ1) is 21.9. The molecule has 1 fully saturated rings. The molecular formula is C22H32N2O4. The Bertz CT molecular complexity index is 685. The van der Waals surface area contributed by atoms with Crippen LogP contribution in [-0.4, -0.2) is 28.9 Å². The first-order chi connectivity index (χ1) is 13.2. The average Bonchev–Trinajstić information content (AvgIpc) is 3.17. The van der Waals surface area contributed by atoms with Gasteiger partial charge in [-0.1, -0.05) is 45.7 Å². The Morgan fingerprint density at radius 1 is 1.11 bits per heavy atom. The molecule has 1 aliphatic rings. The number of carboxylic acid groups (broad SMARTS) is 1. The zero-order valence-electron chi connectivity index (χ0n) is 17.1. The molecule has 1 aliphatic carbocycles. The molecule has 0 saturated heterocycles. The van der Waals surface area contributed by atoms with E-state index in [-0.39, 0.29) is 17.2 Å². The number of rotatable bonds is 8. The van der Waals surface area contributed by atoms with Crippen molar-refractivity contribution in [1.82, 2.24) is 10.6 Å². The van der Waals surface area contributed by atoms with Gasteiger partial charge in [-0.25, -0.2) is 4.79 Å². The molecule has 0 spiro atoms. The minimum atomic E-state index is -1.02. The standard InChI is InChI=1S/C22H32N2O4/c1-22(2,3)13-12-18(21(27)28)24-20(26)17-10-8-15(9-11-17)14-23-19(25)16-6-4-5-7-16/h8-11,16,18H,4-7,12-14H2,1-3H3,(H,23,25)(H,24,26)(H,27,28). The molecule has 0 heterocycles. The predicted molar refractivity (Wildman–Crippen MR) is 108 cm³/mol. The van der Waals surface area contributed by atoms with Gasteiger partial charge in [0.2, 0.25) is 5.91 Å². The molecule has 2 rings (SSSR count). The van der Waals surface area contributed by atoms with E-state index in [1.807, 2.05) is 20.8 Å². The minimum absolute atomic E-state index is 0.00298. The highest BCUT2D eigenvalue weighted by Crippen LogP contribution is 2.24. The Hall–Kier alpha value is -2.37. The van der Waals surface area contributed by atoms with E-state index in [0.29, 0.717) is 24.9 Å². The van der Waals surface area contributed by atoms with Gasteiger partial charge < -0.3 is 15.7 Å². The van der Waals surface area contributed by atoms with Gasteiger partial charge in [0.25, 0.3) is 5.91 Å². The lowest BCUT2D eigenvalue weighted by Crippen LogP contribution is -2.41. The van der Waals surface area contributed by atoms with E-state index >= 15 is 0 Å². The van der Waals surface area contributed by atoms with E-state index in [1.54, 1.807) is 24.3 Å². The number of benzene rings is 1. The Labute approximate surface area is 167 Å². The second-order valence-corrected chi connectivity index (χ2v) is 8.86. The van der Waals surface area contributed by atoms with Crippen LogP contribution in [0.5, 0.6) is 0 Å². The Balaban J connectivity index is 1.87. The molecule has 1 atom stereocenters. The summed E-state index contributed by atoms with van der Waals surface area (Å²) in [4.78, 5) is 35.9. The number of carboxylic acids is 1. The van der Waals surface area contributed by atoms with E-state index in [0.717, 1.165) is 31.2 Å². The van der Waals surface area contributed by atoms with Crippen molar-refractivity contribution in [2.45, 2.75) is 71.9 Å². The van der Waals surface area contributed by atoms with E-state index in [1.165, 1.54) is 0 Å². The van der Waals surface area contributed by atoms with Crippen LogP contribution in [0, 0.1) is 11.3 Å². The van der Waals surface area contributed by atoms with Crippen LogP contribution in [0.25, 0.3) is 0 Å². The quantitative estimate of drug-likeness (QED) is 0.635. The van der Waals surface area contributed by atoms with Crippen molar-refractivity contribution >= 4 is 17.8 Å². The second kappa shape index (κ2) is 9.71. The molecule has 0 bridgehead atoms. The van der Waals surface area contributed by atoms with Gasteiger partial charge >= 0.3 is 5.97 Å². The van der Waals surface area contributed by atoms with Gasteiger partial charge in [-0.15, -0.1) is 0 Å². The van der Waals surface area contributed by atoms with Crippen LogP contribution in [0.3, 0.4) is 0 Å². The summed E-state index contributed by atoms with van der Waals surface area (Å²) in [6, 6.07) is 5.99. The zero-order valence-corrected chi connectivity index (χ0v) is 17.1. The van der Waals surface area contributed by atoms with Crippen molar-refractivity contribution in [2.24, 2.45) is 11.3 Å². The molecule has 0 aromatic heterocycles. The molecule has 0 aliphatic heterocycles. The van der Waals surface area contributed by atoms with Gasteiger partial charge in [-0.05, 0) is 48.8 Å². The van der Waals surface area contributed by atoms with Gasteiger partial charge in [0, 0.05) is 18.0 Å². The lowest BCUT2D eigenvalue weighted by atomic mass is 9.88. The highest BCUT2D eigenvalue weighted by Gasteiger charge is 2.24. The molecule has 6 nitrogen and oxygen atoms in total. The summed E-state index contributed by atoms with van der Waals surface area (Å²) < 4.78 is 0. The molecule has 6 heteroatoms. The molecule has 1 unspecified atom stereocenters. The largest absolute Gasteiger partial charge is 0.480 e. The van der Waals surface area contributed by atoms with Crippen LogP contribution < -0.4 is 10.6 Å².